The average molecular weight is 393 g/mol. The first-order valence-corrected chi connectivity index (χ1v) is 7.90. The maximum absolute atomic E-state index is 11.9. The van der Waals surface area contributed by atoms with Crippen LogP contribution < -0.4 is 15.2 Å². The van der Waals surface area contributed by atoms with Crippen molar-refractivity contribution in [1.29, 1.82) is 0 Å². The molecule has 0 aliphatic carbocycles. The highest BCUT2D eigenvalue weighted by Crippen LogP contribution is 2.18. The van der Waals surface area contributed by atoms with Gasteiger partial charge in [-0.15, -0.1) is 0 Å². The molecule has 2 aromatic carbocycles. The van der Waals surface area contributed by atoms with Gasteiger partial charge in [-0.25, -0.2) is 4.79 Å². The minimum absolute atomic E-state index is 0.104. The number of hydrogen-bond donors (Lipinski definition) is 1. The fourth-order valence-electron chi connectivity index (χ4n) is 1.75. The van der Waals surface area contributed by atoms with Gasteiger partial charge in [0.25, 0.3) is 0 Å². The molecule has 0 spiro atoms. The number of carbonyl (C=O) groups is 1. The summed E-state index contributed by atoms with van der Waals surface area (Å²) in [6.45, 7) is 1.57. The molecule has 2 aromatic rings. The number of rotatable bonds is 6. The summed E-state index contributed by atoms with van der Waals surface area (Å²) in [5.74, 6) is 0.674. The van der Waals surface area contributed by atoms with Crippen molar-refractivity contribution < 1.29 is 19.1 Å². The fraction of sp³-hybridized carbons (Fsp3) is 0.176. The second-order valence-corrected chi connectivity index (χ2v) is 5.75. The van der Waals surface area contributed by atoms with Crippen molar-refractivity contribution >= 4 is 27.7 Å². The Kier molecular flexibility index (Phi) is 6.20. The summed E-state index contributed by atoms with van der Waals surface area (Å²) < 4.78 is 11.5. The molecular weight excluding hydrogens is 376 g/mol. The zero-order valence-electron chi connectivity index (χ0n) is 13.2. The summed E-state index contributed by atoms with van der Waals surface area (Å²) in [5.41, 5.74) is 6.43. The number of nitrogens with two attached hydrogens (primary N) is 1. The van der Waals surface area contributed by atoms with Crippen LogP contribution >= 0.6 is 15.9 Å². The Bertz CT molecular complexity index is 714. The van der Waals surface area contributed by atoms with E-state index in [1.165, 1.54) is 0 Å². The number of hydrogen-bond acceptors (Lipinski definition) is 5. The first kappa shape index (κ1) is 17.8. The van der Waals surface area contributed by atoms with E-state index in [2.05, 4.69) is 21.1 Å². The van der Waals surface area contributed by atoms with E-state index >= 15 is 0 Å². The lowest BCUT2D eigenvalue weighted by Gasteiger charge is -2.12. The quantitative estimate of drug-likeness (QED) is 0.353. The number of methoxy groups -OCH3 is 1. The molecule has 0 radical (unpaired) electrons. The largest absolute Gasteiger partial charge is 0.497 e. The normalized spacial score (nSPS) is 12.4. The molecular formula is C17H17BrN2O4. The highest BCUT2D eigenvalue weighted by Gasteiger charge is 2.17. The lowest BCUT2D eigenvalue weighted by molar-refractivity contribution is -0.151. The van der Waals surface area contributed by atoms with Crippen LogP contribution in [0.5, 0.6) is 11.5 Å². The Hall–Kier alpha value is -2.54. The smallest absolute Gasteiger partial charge is 0.374 e. The Morgan fingerprint density at radius 3 is 2.25 bits per heavy atom. The van der Waals surface area contributed by atoms with Crippen molar-refractivity contribution in [3.63, 3.8) is 0 Å². The third kappa shape index (κ3) is 4.99. The number of amidine groups is 1. The van der Waals surface area contributed by atoms with Crippen molar-refractivity contribution in [2.24, 2.45) is 10.9 Å². The predicted octanol–water partition coefficient (Wildman–Crippen LogP) is 3.09. The van der Waals surface area contributed by atoms with E-state index in [1.54, 1.807) is 50.4 Å². The predicted molar refractivity (Wildman–Crippen MR) is 94.0 cm³/mol. The zero-order chi connectivity index (χ0) is 17.5. The van der Waals surface area contributed by atoms with Gasteiger partial charge in [-0.1, -0.05) is 33.2 Å². The third-order valence-electron chi connectivity index (χ3n) is 3.08. The topological polar surface area (TPSA) is 83.1 Å². The minimum atomic E-state index is -0.833. The summed E-state index contributed by atoms with van der Waals surface area (Å²) in [6, 6.07) is 14.0. The number of benzene rings is 2. The van der Waals surface area contributed by atoms with Gasteiger partial charge in [0.15, 0.2) is 11.9 Å². The standard InChI is InChI=1S/C17H17BrN2O4/c1-11(23-15-9-7-14(22-2)8-10-15)17(21)24-20-16(19)12-3-5-13(18)6-4-12/h3-11H,1-2H3,(H2,19,20)/t11-/m0/s1. The first-order valence-electron chi connectivity index (χ1n) is 7.10. The monoisotopic (exact) mass is 392 g/mol. The van der Waals surface area contributed by atoms with Gasteiger partial charge in [0.2, 0.25) is 0 Å². The lowest BCUT2D eigenvalue weighted by atomic mass is 10.2. The highest BCUT2D eigenvalue weighted by molar-refractivity contribution is 9.10. The Morgan fingerprint density at radius 1 is 1.08 bits per heavy atom. The molecule has 0 fully saturated rings. The molecule has 7 heteroatoms. The molecule has 0 saturated carbocycles. The van der Waals surface area contributed by atoms with Crippen molar-refractivity contribution in [3.05, 3.63) is 58.6 Å². The Balaban J connectivity index is 1.92. The number of nitrogens with zero attached hydrogens (tertiary/aromatic N) is 1. The minimum Gasteiger partial charge on any atom is -0.497 e. The summed E-state index contributed by atoms with van der Waals surface area (Å²) in [5, 5.41) is 3.64. The summed E-state index contributed by atoms with van der Waals surface area (Å²) >= 11 is 3.33. The zero-order valence-corrected chi connectivity index (χ0v) is 14.8. The molecule has 126 valence electrons. The third-order valence-corrected chi connectivity index (χ3v) is 3.61. The number of carbonyl (C=O) groups excluding carboxylic acids is 1. The molecule has 2 rings (SSSR count). The Morgan fingerprint density at radius 2 is 1.67 bits per heavy atom. The van der Waals surface area contributed by atoms with E-state index in [9.17, 15) is 4.79 Å². The molecule has 0 heterocycles. The van der Waals surface area contributed by atoms with Crippen LogP contribution in [0.4, 0.5) is 0 Å². The van der Waals surface area contributed by atoms with Gasteiger partial charge in [0.1, 0.15) is 11.5 Å². The van der Waals surface area contributed by atoms with Crippen LogP contribution in [0.2, 0.25) is 0 Å². The van der Waals surface area contributed by atoms with Crippen LogP contribution in [-0.2, 0) is 9.63 Å². The van der Waals surface area contributed by atoms with Gasteiger partial charge < -0.3 is 20.0 Å². The molecule has 0 aliphatic rings. The van der Waals surface area contributed by atoms with Crippen LogP contribution in [0.15, 0.2) is 58.2 Å². The number of oxime groups is 1. The van der Waals surface area contributed by atoms with Crippen LogP contribution in [0, 0.1) is 0 Å². The molecule has 0 aliphatic heterocycles. The average Bonchev–Trinajstić information content (AvgIpc) is 2.60. The first-order chi connectivity index (χ1) is 11.5. The van der Waals surface area contributed by atoms with E-state index in [0.717, 1.165) is 4.47 Å². The highest BCUT2D eigenvalue weighted by atomic mass is 79.9. The molecule has 0 amide bonds. The van der Waals surface area contributed by atoms with Gasteiger partial charge in [-0.2, -0.15) is 0 Å². The molecule has 2 N–H and O–H groups in total. The molecule has 1 atom stereocenters. The summed E-state index contributed by atoms with van der Waals surface area (Å²) in [4.78, 5) is 16.7. The van der Waals surface area contributed by atoms with Gasteiger partial charge in [-0.05, 0) is 43.3 Å². The second kappa shape index (κ2) is 8.35. The lowest BCUT2D eigenvalue weighted by Crippen LogP contribution is -2.26. The molecule has 0 saturated heterocycles. The molecule has 24 heavy (non-hydrogen) atoms. The van der Waals surface area contributed by atoms with Crippen LogP contribution in [0.25, 0.3) is 0 Å². The molecule has 6 nitrogen and oxygen atoms in total. The van der Waals surface area contributed by atoms with E-state index in [4.69, 9.17) is 20.0 Å². The number of ether oxygens (including phenoxy) is 2. The van der Waals surface area contributed by atoms with E-state index in [1.807, 2.05) is 12.1 Å². The molecule has 0 bridgehead atoms. The SMILES string of the molecule is COc1ccc(O[C@@H](C)C(=O)O/N=C(/N)c2ccc(Br)cc2)cc1. The van der Waals surface area contributed by atoms with Crippen molar-refractivity contribution in [2.75, 3.05) is 7.11 Å². The second-order valence-electron chi connectivity index (χ2n) is 4.83. The maximum atomic E-state index is 11.9. The van der Waals surface area contributed by atoms with Crippen molar-refractivity contribution in [2.45, 2.75) is 13.0 Å². The van der Waals surface area contributed by atoms with Gasteiger partial charge in [0, 0.05) is 10.0 Å². The van der Waals surface area contributed by atoms with Gasteiger partial charge in [-0.3, -0.25) is 0 Å². The van der Waals surface area contributed by atoms with Gasteiger partial charge in [0.05, 0.1) is 7.11 Å². The number of halogens is 1. The summed E-state index contributed by atoms with van der Waals surface area (Å²) in [6.07, 6.45) is -0.833. The van der Waals surface area contributed by atoms with Gasteiger partial charge >= 0.3 is 5.97 Å². The molecule has 0 aromatic heterocycles. The van der Waals surface area contributed by atoms with Crippen molar-refractivity contribution in [1.82, 2.24) is 0 Å². The van der Waals surface area contributed by atoms with E-state index < -0.39 is 12.1 Å². The van der Waals surface area contributed by atoms with Crippen molar-refractivity contribution in [3.8, 4) is 11.5 Å². The van der Waals surface area contributed by atoms with Crippen LogP contribution in [0.3, 0.4) is 0 Å². The maximum Gasteiger partial charge on any atom is 0.374 e. The molecule has 0 unspecified atom stereocenters. The van der Waals surface area contributed by atoms with E-state index in [-0.39, 0.29) is 5.84 Å². The van der Waals surface area contributed by atoms with Crippen LogP contribution in [-0.4, -0.2) is 25.0 Å². The fourth-order valence-corrected chi connectivity index (χ4v) is 2.01. The Labute approximate surface area is 148 Å². The van der Waals surface area contributed by atoms with Crippen LogP contribution in [0.1, 0.15) is 12.5 Å². The summed E-state index contributed by atoms with van der Waals surface area (Å²) in [7, 11) is 1.57. The van der Waals surface area contributed by atoms with E-state index in [0.29, 0.717) is 17.1 Å².